The molecule has 1 atom stereocenters. The van der Waals surface area contributed by atoms with E-state index in [0.717, 1.165) is 27.8 Å². The SMILES string of the molecule is CCCOc1ccccc1C(O)Cc1cccc(Br)c1. The van der Waals surface area contributed by atoms with Crippen molar-refractivity contribution in [3.8, 4) is 5.75 Å². The first-order valence-electron chi connectivity index (χ1n) is 6.85. The van der Waals surface area contributed by atoms with E-state index in [9.17, 15) is 5.11 Å². The molecule has 0 aliphatic heterocycles. The number of benzene rings is 2. The van der Waals surface area contributed by atoms with Crippen LogP contribution in [0, 0.1) is 0 Å². The summed E-state index contributed by atoms with van der Waals surface area (Å²) in [6, 6.07) is 15.7. The fourth-order valence-electron chi connectivity index (χ4n) is 2.10. The van der Waals surface area contributed by atoms with Crippen molar-refractivity contribution in [3.05, 3.63) is 64.1 Å². The maximum Gasteiger partial charge on any atom is 0.125 e. The first-order valence-corrected chi connectivity index (χ1v) is 7.64. The average molecular weight is 335 g/mol. The number of hydrogen-bond acceptors (Lipinski definition) is 2. The lowest BCUT2D eigenvalue weighted by molar-refractivity contribution is 0.171. The van der Waals surface area contributed by atoms with Gasteiger partial charge in [-0.25, -0.2) is 0 Å². The third-order valence-corrected chi connectivity index (χ3v) is 3.55. The Labute approximate surface area is 128 Å². The van der Waals surface area contributed by atoms with Gasteiger partial charge in [-0.15, -0.1) is 0 Å². The maximum absolute atomic E-state index is 10.4. The molecule has 0 saturated carbocycles. The van der Waals surface area contributed by atoms with Crippen LogP contribution in [0.25, 0.3) is 0 Å². The normalized spacial score (nSPS) is 12.2. The number of aliphatic hydroxyl groups excluding tert-OH is 1. The molecule has 2 nitrogen and oxygen atoms in total. The van der Waals surface area contributed by atoms with Crippen molar-refractivity contribution >= 4 is 15.9 Å². The van der Waals surface area contributed by atoms with E-state index in [4.69, 9.17) is 4.74 Å². The van der Waals surface area contributed by atoms with Gasteiger partial charge in [0.15, 0.2) is 0 Å². The molecule has 0 heterocycles. The third-order valence-electron chi connectivity index (χ3n) is 3.06. The highest BCUT2D eigenvalue weighted by Gasteiger charge is 2.13. The van der Waals surface area contributed by atoms with Crippen molar-refractivity contribution in [3.63, 3.8) is 0 Å². The van der Waals surface area contributed by atoms with Crippen molar-refractivity contribution < 1.29 is 9.84 Å². The minimum Gasteiger partial charge on any atom is -0.493 e. The summed E-state index contributed by atoms with van der Waals surface area (Å²) in [7, 11) is 0. The Morgan fingerprint density at radius 1 is 1.15 bits per heavy atom. The summed E-state index contributed by atoms with van der Waals surface area (Å²) < 4.78 is 6.73. The third kappa shape index (κ3) is 4.09. The van der Waals surface area contributed by atoms with Crippen molar-refractivity contribution in [2.45, 2.75) is 25.9 Å². The van der Waals surface area contributed by atoms with Crippen LogP contribution in [-0.4, -0.2) is 11.7 Å². The Morgan fingerprint density at radius 2 is 1.95 bits per heavy atom. The molecule has 2 rings (SSSR count). The molecule has 0 aliphatic rings. The van der Waals surface area contributed by atoms with Crippen LogP contribution in [0.2, 0.25) is 0 Å². The highest BCUT2D eigenvalue weighted by atomic mass is 79.9. The molecule has 0 aromatic heterocycles. The van der Waals surface area contributed by atoms with E-state index >= 15 is 0 Å². The molecule has 0 saturated heterocycles. The molecule has 106 valence electrons. The number of rotatable bonds is 6. The lowest BCUT2D eigenvalue weighted by Gasteiger charge is -2.16. The molecule has 2 aromatic rings. The summed E-state index contributed by atoms with van der Waals surface area (Å²) in [5, 5.41) is 10.4. The molecule has 1 N–H and O–H groups in total. The van der Waals surface area contributed by atoms with E-state index < -0.39 is 6.10 Å². The second kappa shape index (κ2) is 7.46. The topological polar surface area (TPSA) is 29.5 Å². The smallest absolute Gasteiger partial charge is 0.125 e. The van der Waals surface area contributed by atoms with Gasteiger partial charge in [0.25, 0.3) is 0 Å². The Kier molecular flexibility index (Phi) is 5.62. The van der Waals surface area contributed by atoms with Gasteiger partial charge < -0.3 is 9.84 Å². The van der Waals surface area contributed by atoms with Crippen molar-refractivity contribution in [1.82, 2.24) is 0 Å². The Balaban J connectivity index is 2.14. The molecule has 2 aromatic carbocycles. The molecule has 0 spiro atoms. The first kappa shape index (κ1) is 15.1. The van der Waals surface area contributed by atoms with Gasteiger partial charge in [0.1, 0.15) is 5.75 Å². The van der Waals surface area contributed by atoms with E-state index in [-0.39, 0.29) is 0 Å². The highest BCUT2D eigenvalue weighted by molar-refractivity contribution is 9.10. The number of aliphatic hydroxyl groups is 1. The van der Waals surface area contributed by atoms with Crippen LogP contribution in [0.15, 0.2) is 53.0 Å². The van der Waals surface area contributed by atoms with E-state index in [0.29, 0.717) is 13.0 Å². The second-order valence-corrected chi connectivity index (χ2v) is 5.65. The van der Waals surface area contributed by atoms with E-state index in [1.807, 2.05) is 48.5 Å². The number of para-hydroxylation sites is 1. The minimum atomic E-state index is -0.558. The Bertz CT molecular complexity index is 554. The zero-order valence-corrected chi connectivity index (χ0v) is 13.1. The van der Waals surface area contributed by atoms with Crippen LogP contribution in [-0.2, 0) is 6.42 Å². The van der Waals surface area contributed by atoms with Crippen LogP contribution < -0.4 is 4.74 Å². The van der Waals surface area contributed by atoms with Gasteiger partial charge in [0.05, 0.1) is 12.7 Å². The van der Waals surface area contributed by atoms with Gasteiger partial charge in [-0.1, -0.05) is 53.2 Å². The standard InChI is InChI=1S/C17H19BrO2/c1-2-10-20-17-9-4-3-8-15(17)16(19)12-13-6-5-7-14(18)11-13/h3-9,11,16,19H,2,10,12H2,1H3. The summed E-state index contributed by atoms with van der Waals surface area (Å²) in [4.78, 5) is 0. The Hall–Kier alpha value is -1.32. The van der Waals surface area contributed by atoms with Gasteiger partial charge in [-0.2, -0.15) is 0 Å². The van der Waals surface area contributed by atoms with Gasteiger partial charge in [0.2, 0.25) is 0 Å². The predicted octanol–water partition coefficient (Wildman–Crippen LogP) is 4.51. The monoisotopic (exact) mass is 334 g/mol. The number of hydrogen-bond donors (Lipinski definition) is 1. The molecule has 0 bridgehead atoms. The summed E-state index contributed by atoms with van der Waals surface area (Å²) in [5.41, 5.74) is 1.94. The zero-order valence-electron chi connectivity index (χ0n) is 11.6. The number of halogens is 1. The van der Waals surface area contributed by atoms with E-state index in [1.165, 1.54) is 0 Å². The second-order valence-electron chi connectivity index (χ2n) is 4.74. The molecule has 1 unspecified atom stereocenters. The van der Waals surface area contributed by atoms with Gasteiger partial charge >= 0.3 is 0 Å². The van der Waals surface area contributed by atoms with Crippen LogP contribution in [0.3, 0.4) is 0 Å². The van der Waals surface area contributed by atoms with Crippen molar-refractivity contribution in [2.24, 2.45) is 0 Å². The molecule has 0 aliphatic carbocycles. The summed E-state index contributed by atoms with van der Waals surface area (Å²) >= 11 is 3.45. The summed E-state index contributed by atoms with van der Waals surface area (Å²) in [6.45, 7) is 2.74. The highest BCUT2D eigenvalue weighted by Crippen LogP contribution is 2.28. The molecular weight excluding hydrogens is 316 g/mol. The largest absolute Gasteiger partial charge is 0.493 e. The fourth-order valence-corrected chi connectivity index (χ4v) is 2.54. The lowest BCUT2D eigenvalue weighted by Crippen LogP contribution is -2.06. The summed E-state index contributed by atoms with van der Waals surface area (Å²) in [6.07, 6.45) is 0.972. The quantitative estimate of drug-likeness (QED) is 0.841. The minimum absolute atomic E-state index is 0.558. The fraction of sp³-hybridized carbons (Fsp3) is 0.294. The summed E-state index contributed by atoms with van der Waals surface area (Å²) in [5.74, 6) is 0.775. The van der Waals surface area contributed by atoms with Crippen LogP contribution >= 0.6 is 15.9 Å². The molecule has 20 heavy (non-hydrogen) atoms. The molecular formula is C17H19BrO2. The van der Waals surface area contributed by atoms with Gasteiger partial charge in [0, 0.05) is 16.5 Å². The van der Waals surface area contributed by atoms with Crippen molar-refractivity contribution in [1.29, 1.82) is 0 Å². The van der Waals surface area contributed by atoms with E-state index in [2.05, 4.69) is 22.9 Å². The Morgan fingerprint density at radius 3 is 2.70 bits per heavy atom. The molecule has 0 fully saturated rings. The molecule has 0 amide bonds. The maximum atomic E-state index is 10.4. The van der Waals surface area contributed by atoms with Crippen LogP contribution in [0.4, 0.5) is 0 Å². The van der Waals surface area contributed by atoms with Gasteiger partial charge in [-0.05, 0) is 30.2 Å². The lowest BCUT2D eigenvalue weighted by atomic mass is 10.0. The van der Waals surface area contributed by atoms with Crippen LogP contribution in [0.1, 0.15) is 30.6 Å². The molecule has 0 radical (unpaired) electrons. The average Bonchev–Trinajstić information content (AvgIpc) is 2.45. The predicted molar refractivity (Wildman–Crippen MR) is 85.0 cm³/mol. The van der Waals surface area contributed by atoms with Gasteiger partial charge in [-0.3, -0.25) is 0 Å². The zero-order chi connectivity index (χ0) is 14.4. The number of ether oxygens (including phenoxy) is 1. The van der Waals surface area contributed by atoms with Crippen molar-refractivity contribution in [2.75, 3.05) is 6.61 Å². The van der Waals surface area contributed by atoms with E-state index in [1.54, 1.807) is 0 Å². The molecule has 3 heteroatoms. The van der Waals surface area contributed by atoms with Crippen LogP contribution in [0.5, 0.6) is 5.75 Å². The first-order chi connectivity index (χ1) is 9.70.